The Balaban J connectivity index is 2.39. The SMILES string of the molecule is CC(C)c1nc(CC(=O)O)n(C)c1Sc1ccccc1. The lowest BCUT2D eigenvalue weighted by Crippen LogP contribution is -2.06. The normalized spacial score (nSPS) is 11.0. The highest BCUT2D eigenvalue weighted by Gasteiger charge is 2.19. The fraction of sp³-hybridized carbons (Fsp3) is 0.333. The average Bonchev–Trinajstić information content (AvgIpc) is 2.69. The quantitative estimate of drug-likeness (QED) is 0.917. The first-order valence-corrected chi connectivity index (χ1v) is 7.31. The number of rotatable bonds is 5. The van der Waals surface area contributed by atoms with Gasteiger partial charge in [-0.2, -0.15) is 0 Å². The molecule has 0 saturated carbocycles. The molecule has 1 heterocycles. The van der Waals surface area contributed by atoms with E-state index in [1.54, 1.807) is 11.8 Å². The lowest BCUT2D eigenvalue weighted by Gasteiger charge is -2.08. The van der Waals surface area contributed by atoms with Crippen LogP contribution in [0, 0.1) is 0 Å². The Kier molecular flexibility index (Phi) is 4.49. The zero-order chi connectivity index (χ0) is 14.7. The van der Waals surface area contributed by atoms with Crippen molar-refractivity contribution in [3.8, 4) is 0 Å². The van der Waals surface area contributed by atoms with E-state index in [2.05, 4.69) is 18.8 Å². The molecule has 0 atom stereocenters. The van der Waals surface area contributed by atoms with Gasteiger partial charge in [-0.05, 0) is 18.1 Å². The van der Waals surface area contributed by atoms with Crippen molar-refractivity contribution in [1.82, 2.24) is 9.55 Å². The van der Waals surface area contributed by atoms with E-state index in [1.807, 2.05) is 41.9 Å². The predicted molar refractivity (Wildman–Crippen MR) is 79.2 cm³/mol. The van der Waals surface area contributed by atoms with E-state index in [1.165, 1.54) is 0 Å². The number of benzene rings is 1. The topological polar surface area (TPSA) is 55.1 Å². The molecule has 0 fully saturated rings. The summed E-state index contributed by atoms with van der Waals surface area (Å²) in [5.41, 5.74) is 0.956. The lowest BCUT2D eigenvalue weighted by atomic mass is 10.1. The number of carboxylic acids is 1. The van der Waals surface area contributed by atoms with Crippen LogP contribution in [0.15, 0.2) is 40.3 Å². The Hall–Kier alpha value is -1.75. The maximum Gasteiger partial charge on any atom is 0.311 e. The number of nitrogens with zero attached hydrogens (tertiary/aromatic N) is 2. The number of hydrogen-bond acceptors (Lipinski definition) is 3. The van der Waals surface area contributed by atoms with Gasteiger partial charge in [-0.25, -0.2) is 4.98 Å². The number of carboxylic acid groups (broad SMARTS) is 1. The Morgan fingerprint density at radius 1 is 1.35 bits per heavy atom. The molecule has 2 aromatic rings. The molecular weight excluding hydrogens is 272 g/mol. The molecular formula is C15H18N2O2S. The average molecular weight is 290 g/mol. The Labute approximate surface area is 122 Å². The highest BCUT2D eigenvalue weighted by molar-refractivity contribution is 7.99. The molecule has 5 heteroatoms. The summed E-state index contributed by atoms with van der Waals surface area (Å²) in [5.74, 6) is -0.000689. The molecule has 0 radical (unpaired) electrons. The Morgan fingerprint density at radius 3 is 2.55 bits per heavy atom. The highest BCUT2D eigenvalue weighted by Crippen LogP contribution is 2.34. The molecule has 20 heavy (non-hydrogen) atoms. The zero-order valence-corrected chi connectivity index (χ0v) is 12.6. The van der Waals surface area contributed by atoms with Crippen LogP contribution >= 0.6 is 11.8 Å². The standard InChI is InChI=1S/C15H18N2O2S/c1-10(2)14-15(20-11-7-5-4-6-8-11)17(3)12(16-14)9-13(18)19/h4-8,10H,9H2,1-3H3,(H,18,19). The molecule has 0 unspecified atom stereocenters. The van der Waals surface area contributed by atoms with Crippen LogP contribution in [0.5, 0.6) is 0 Å². The van der Waals surface area contributed by atoms with Crippen molar-refractivity contribution in [2.75, 3.05) is 0 Å². The summed E-state index contributed by atoms with van der Waals surface area (Å²) in [6, 6.07) is 10.0. The summed E-state index contributed by atoms with van der Waals surface area (Å²) in [4.78, 5) is 16.5. The molecule has 0 saturated heterocycles. The minimum atomic E-state index is -0.857. The van der Waals surface area contributed by atoms with Gasteiger partial charge in [0, 0.05) is 11.9 Å². The summed E-state index contributed by atoms with van der Waals surface area (Å²) in [6.45, 7) is 4.14. The first-order valence-electron chi connectivity index (χ1n) is 6.49. The van der Waals surface area contributed by atoms with E-state index in [-0.39, 0.29) is 12.3 Å². The van der Waals surface area contributed by atoms with E-state index in [9.17, 15) is 4.79 Å². The van der Waals surface area contributed by atoms with Gasteiger partial charge in [-0.1, -0.05) is 43.8 Å². The van der Waals surface area contributed by atoms with Gasteiger partial charge >= 0.3 is 5.97 Å². The Bertz CT molecular complexity index is 606. The molecule has 0 aliphatic heterocycles. The summed E-state index contributed by atoms with van der Waals surface area (Å²) < 4.78 is 1.89. The number of carbonyl (C=O) groups is 1. The number of imidazole rings is 1. The molecule has 0 amide bonds. The second-order valence-corrected chi connectivity index (χ2v) is 5.98. The molecule has 1 aromatic heterocycles. The van der Waals surface area contributed by atoms with Crippen molar-refractivity contribution in [2.24, 2.45) is 7.05 Å². The first kappa shape index (κ1) is 14.7. The minimum Gasteiger partial charge on any atom is -0.481 e. The third-order valence-corrected chi connectivity index (χ3v) is 4.16. The van der Waals surface area contributed by atoms with Gasteiger partial charge < -0.3 is 9.67 Å². The van der Waals surface area contributed by atoms with Gasteiger partial charge in [0.15, 0.2) is 0 Å². The second-order valence-electron chi connectivity index (χ2n) is 4.92. The van der Waals surface area contributed by atoms with Crippen molar-refractivity contribution >= 4 is 17.7 Å². The Morgan fingerprint density at radius 2 is 2.00 bits per heavy atom. The van der Waals surface area contributed by atoms with Crippen molar-refractivity contribution in [3.63, 3.8) is 0 Å². The number of aromatic nitrogens is 2. The molecule has 1 N–H and O–H groups in total. The summed E-state index contributed by atoms with van der Waals surface area (Å²) in [5, 5.41) is 9.98. The van der Waals surface area contributed by atoms with E-state index >= 15 is 0 Å². The third kappa shape index (κ3) is 3.22. The van der Waals surface area contributed by atoms with Crippen LogP contribution in [0.2, 0.25) is 0 Å². The van der Waals surface area contributed by atoms with Crippen molar-refractivity contribution < 1.29 is 9.90 Å². The number of hydrogen-bond donors (Lipinski definition) is 1. The minimum absolute atomic E-state index is 0.0500. The van der Waals surface area contributed by atoms with Crippen molar-refractivity contribution in [1.29, 1.82) is 0 Å². The smallest absolute Gasteiger partial charge is 0.311 e. The van der Waals surface area contributed by atoms with E-state index in [0.717, 1.165) is 15.6 Å². The fourth-order valence-corrected chi connectivity index (χ4v) is 3.09. The zero-order valence-electron chi connectivity index (χ0n) is 11.8. The molecule has 0 aliphatic carbocycles. The van der Waals surface area contributed by atoms with Crippen LogP contribution in [-0.4, -0.2) is 20.6 Å². The highest BCUT2D eigenvalue weighted by atomic mass is 32.2. The van der Waals surface area contributed by atoms with E-state index in [4.69, 9.17) is 5.11 Å². The molecule has 1 aromatic carbocycles. The van der Waals surface area contributed by atoms with Crippen LogP contribution in [0.1, 0.15) is 31.3 Å². The van der Waals surface area contributed by atoms with Crippen LogP contribution < -0.4 is 0 Å². The van der Waals surface area contributed by atoms with Crippen LogP contribution in [0.25, 0.3) is 0 Å². The van der Waals surface area contributed by atoms with E-state index < -0.39 is 5.97 Å². The monoisotopic (exact) mass is 290 g/mol. The van der Waals surface area contributed by atoms with Crippen LogP contribution in [-0.2, 0) is 18.3 Å². The summed E-state index contributed by atoms with van der Waals surface area (Å²) >= 11 is 1.62. The summed E-state index contributed by atoms with van der Waals surface area (Å²) in [7, 11) is 1.88. The maximum absolute atomic E-state index is 10.9. The lowest BCUT2D eigenvalue weighted by molar-refractivity contribution is -0.136. The van der Waals surface area contributed by atoms with Gasteiger partial charge in [0.1, 0.15) is 17.3 Å². The molecule has 106 valence electrons. The first-order chi connectivity index (χ1) is 9.49. The van der Waals surface area contributed by atoms with Gasteiger partial charge in [0.05, 0.1) is 5.69 Å². The maximum atomic E-state index is 10.9. The molecule has 4 nitrogen and oxygen atoms in total. The van der Waals surface area contributed by atoms with Crippen LogP contribution in [0.4, 0.5) is 0 Å². The third-order valence-electron chi connectivity index (χ3n) is 2.97. The van der Waals surface area contributed by atoms with Crippen molar-refractivity contribution in [2.45, 2.75) is 36.1 Å². The van der Waals surface area contributed by atoms with E-state index in [0.29, 0.717) is 5.82 Å². The second kappa shape index (κ2) is 6.13. The molecule has 2 rings (SSSR count). The van der Waals surface area contributed by atoms with Gasteiger partial charge in [-0.15, -0.1) is 0 Å². The van der Waals surface area contributed by atoms with Crippen molar-refractivity contribution in [3.05, 3.63) is 41.9 Å². The van der Waals surface area contributed by atoms with Crippen LogP contribution in [0.3, 0.4) is 0 Å². The number of aliphatic carboxylic acids is 1. The largest absolute Gasteiger partial charge is 0.481 e. The van der Waals surface area contributed by atoms with Gasteiger partial charge in [-0.3, -0.25) is 4.79 Å². The predicted octanol–water partition coefficient (Wildman–Crippen LogP) is 3.32. The summed E-state index contributed by atoms with van der Waals surface area (Å²) in [6.07, 6.45) is -0.0500. The van der Waals surface area contributed by atoms with Gasteiger partial charge in [0.25, 0.3) is 0 Å². The molecule has 0 aliphatic rings. The fourth-order valence-electron chi connectivity index (χ4n) is 1.94. The van der Waals surface area contributed by atoms with Gasteiger partial charge in [0.2, 0.25) is 0 Å². The molecule has 0 bridgehead atoms. The molecule has 0 spiro atoms.